The van der Waals surface area contributed by atoms with Crippen molar-refractivity contribution in [3.05, 3.63) is 70.2 Å². The van der Waals surface area contributed by atoms with E-state index < -0.39 is 6.04 Å². The van der Waals surface area contributed by atoms with Crippen LogP contribution in [0.3, 0.4) is 0 Å². The van der Waals surface area contributed by atoms with Crippen molar-refractivity contribution in [1.29, 1.82) is 0 Å². The molecule has 1 aliphatic rings. The van der Waals surface area contributed by atoms with E-state index >= 15 is 0 Å². The van der Waals surface area contributed by atoms with Gasteiger partial charge in [0.25, 0.3) is 0 Å². The zero-order chi connectivity index (χ0) is 23.6. The van der Waals surface area contributed by atoms with Gasteiger partial charge in [-0.15, -0.1) is 11.8 Å². The molecule has 0 aromatic heterocycles. The molecule has 1 N–H and O–H groups in total. The van der Waals surface area contributed by atoms with Crippen molar-refractivity contribution in [2.24, 2.45) is 0 Å². The Morgan fingerprint density at radius 3 is 2.52 bits per heavy atom. The summed E-state index contributed by atoms with van der Waals surface area (Å²) in [4.78, 5) is 28.4. The fourth-order valence-corrected chi connectivity index (χ4v) is 5.51. The van der Waals surface area contributed by atoms with E-state index in [9.17, 15) is 9.59 Å². The van der Waals surface area contributed by atoms with E-state index in [0.29, 0.717) is 29.5 Å². The van der Waals surface area contributed by atoms with Crippen LogP contribution < -0.4 is 5.32 Å². The topological polar surface area (TPSA) is 49.4 Å². The number of carbonyl (C=O) groups is 2. The standard InChI is InChI=1S/C27H35ClN2O2S/c1-3-25(27(32)29-24-13-5-4-6-14-24)30(17-21-10-7-9-20(2)15-21)26(31)19-33-18-22-11-8-12-23(28)16-22/h7-12,15-16,24-25H,3-6,13-14,17-19H2,1-2H3,(H,29,32)/t25-/m1/s1. The lowest BCUT2D eigenvalue weighted by Crippen LogP contribution is -2.52. The quantitative estimate of drug-likeness (QED) is 0.439. The minimum atomic E-state index is -0.466. The Morgan fingerprint density at radius 2 is 1.82 bits per heavy atom. The molecule has 1 atom stereocenters. The minimum absolute atomic E-state index is 0.00539. The largest absolute Gasteiger partial charge is 0.352 e. The van der Waals surface area contributed by atoms with Gasteiger partial charge < -0.3 is 10.2 Å². The van der Waals surface area contributed by atoms with Gasteiger partial charge in [-0.2, -0.15) is 0 Å². The number of benzene rings is 2. The molecule has 33 heavy (non-hydrogen) atoms. The number of nitrogens with zero attached hydrogens (tertiary/aromatic N) is 1. The molecule has 2 amide bonds. The normalized spacial score (nSPS) is 15.1. The van der Waals surface area contributed by atoms with Crippen LogP contribution in [0.2, 0.25) is 5.02 Å². The highest BCUT2D eigenvalue weighted by atomic mass is 35.5. The zero-order valence-corrected chi connectivity index (χ0v) is 21.3. The molecule has 0 heterocycles. The van der Waals surface area contributed by atoms with Crippen LogP contribution in [-0.2, 0) is 21.9 Å². The lowest BCUT2D eigenvalue weighted by atomic mass is 9.95. The van der Waals surface area contributed by atoms with Crippen LogP contribution in [0.1, 0.15) is 62.1 Å². The fourth-order valence-electron chi connectivity index (χ4n) is 4.44. The van der Waals surface area contributed by atoms with E-state index in [0.717, 1.165) is 42.4 Å². The molecule has 0 unspecified atom stereocenters. The van der Waals surface area contributed by atoms with Crippen molar-refractivity contribution >= 4 is 35.2 Å². The van der Waals surface area contributed by atoms with Gasteiger partial charge in [-0.25, -0.2) is 0 Å². The molecule has 0 saturated heterocycles. The van der Waals surface area contributed by atoms with E-state index in [1.807, 2.05) is 56.3 Å². The van der Waals surface area contributed by atoms with E-state index in [-0.39, 0.29) is 17.9 Å². The number of carbonyl (C=O) groups excluding carboxylic acids is 2. The second kappa shape index (κ2) is 13.0. The smallest absolute Gasteiger partial charge is 0.243 e. The first-order valence-corrected chi connectivity index (χ1v) is 13.5. The van der Waals surface area contributed by atoms with Gasteiger partial charge in [0.1, 0.15) is 6.04 Å². The highest BCUT2D eigenvalue weighted by Gasteiger charge is 2.30. The van der Waals surface area contributed by atoms with Crippen molar-refractivity contribution in [2.45, 2.75) is 76.8 Å². The summed E-state index contributed by atoms with van der Waals surface area (Å²) in [6.07, 6.45) is 6.22. The third-order valence-electron chi connectivity index (χ3n) is 6.16. The summed E-state index contributed by atoms with van der Waals surface area (Å²) in [5, 5.41) is 3.94. The molecular formula is C27H35ClN2O2S. The van der Waals surface area contributed by atoms with Gasteiger partial charge in [-0.3, -0.25) is 9.59 Å². The molecule has 3 rings (SSSR count). The van der Waals surface area contributed by atoms with Gasteiger partial charge in [0.2, 0.25) is 11.8 Å². The number of hydrogen-bond donors (Lipinski definition) is 1. The number of nitrogens with one attached hydrogen (secondary N) is 1. The van der Waals surface area contributed by atoms with Gasteiger partial charge in [0.05, 0.1) is 5.75 Å². The Labute approximate surface area is 207 Å². The molecule has 1 aliphatic carbocycles. The molecule has 0 aliphatic heterocycles. The van der Waals surface area contributed by atoms with Crippen molar-refractivity contribution in [1.82, 2.24) is 10.2 Å². The zero-order valence-electron chi connectivity index (χ0n) is 19.7. The maximum Gasteiger partial charge on any atom is 0.243 e. The summed E-state index contributed by atoms with van der Waals surface area (Å²) in [7, 11) is 0. The van der Waals surface area contributed by atoms with Crippen LogP contribution in [-0.4, -0.2) is 34.6 Å². The first kappa shape index (κ1) is 25.6. The molecule has 2 aromatic carbocycles. The van der Waals surface area contributed by atoms with Gasteiger partial charge in [0.15, 0.2) is 0 Å². The molecule has 4 nitrogen and oxygen atoms in total. The highest BCUT2D eigenvalue weighted by Crippen LogP contribution is 2.21. The molecule has 2 aromatic rings. The molecule has 0 bridgehead atoms. The van der Waals surface area contributed by atoms with Crippen LogP contribution in [0.5, 0.6) is 0 Å². The average molecular weight is 487 g/mol. The fraction of sp³-hybridized carbons (Fsp3) is 0.481. The van der Waals surface area contributed by atoms with E-state index in [1.165, 1.54) is 6.42 Å². The maximum absolute atomic E-state index is 13.4. The summed E-state index contributed by atoms with van der Waals surface area (Å²) in [5.74, 6) is 1.00. The predicted octanol–water partition coefficient (Wildman–Crippen LogP) is 6.14. The molecule has 0 radical (unpaired) electrons. The van der Waals surface area contributed by atoms with Crippen molar-refractivity contribution in [3.8, 4) is 0 Å². The first-order chi connectivity index (χ1) is 16.0. The molecule has 1 fully saturated rings. The minimum Gasteiger partial charge on any atom is -0.352 e. The Bertz CT molecular complexity index is 930. The number of rotatable bonds is 10. The Hall–Kier alpha value is -1.98. The van der Waals surface area contributed by atoms with Crippen molar-refractivity contribution in [2.75, 3.05) is 5.75 Å². The monoisotopic (exact) mass is 486 g/mol. The van der Waals surface area contributed by atoms with Crippen LogP contribution in [0.4, 0.5) is 0 Å². The first-order valence-electron chi connectivity index (χ1n) is 11.9. The molecule has 0 spiro atoms. The summed E-state index contributed by atoms with van der Waals surface area (Å²) in [5.41, 5.74) is 3.29. The van der Waals surface area contributed by atoms with Crippen LogP contribution in [0, 0.1) is 6.92 Å². The number of hydrogen-bond acceptors (Lipinski definition) is 3. The van der Waals surface area contributed by atoms with Crippen LogP contribution in [0.15, 0.2) is 48.5 Å². The van der Waals surface area contributed by atoms with Crippen LogP contribution >= 0.6 is 23.4 Å². The van der Waals surface area contributed by atoms with Gasteiger partial charge in [0, 0.05) is 23.4 Å². The summed E-state index contributed by atoms with van der Waals surface area (Å²) in [6, 6.07) is 15.6. The average Bonchev–Trinajstić information content (AvgIpc) is 2.79. The second-order valence-electron chi connectivity index (χ2n) is 8.90. The SMILES string of the molecule is CC[C@H](C(=O)NC1CCCCC1)N(Cc1cccc(C)c1)C(=O)CSCc1cccc(Cl)c1. The molecular weight excluding hydrogens is 452 g/mol. The number of thioether (sulfide) groups is 1. The lowest BCUT2D eigenvalue weighted by molar-refractivity contribution is -0.139. The van der Waals surface area contributed by atoms with Crippen molar-refractivity contribution in [3.63, 3.8) is 0 Å². The third-order valence-corrected chi connectivity index (χ3v) is 7.38. The van der Waals surface area contributed by atoms with Gasteiger partial charge in [-0.05, 0) is 49.4 Å². The Morgan fingerprint density at radius 1 is 1.09 bits per heavy atom. The van der Waals surface area contributed by atoms with E-state index in [1.54, 1.807) is 16.7 Å². The lowest BCUT2D eigenvalue weighted by Gasteiger charge is -2.33. The maximum atomic E-state index is 13.4. The van der Waals surface area contributed by atoms with Gasteiger partial charge in [-0.1, -0.05) is 79.7 Å². The number of amides is 2. The van der Waals surface area contributed by atoms with Gasteiger partial charge >= 0.3 is 0 Å². The molecule has 6 heteroatoms. The molecule has 1 saturated carbocycles. The number of aryl methyl sites for hydroxylation is 1. The summed E-state index contributed by atoms with van der Waals surface area (Å²) in [6.45, 7) is 4.47. The highest BCUT2D eigenvalue weighted by molar-refractivity contribution is 7.99. The Balaban J connectivity index is 1.70. The van der Waals surface area contributed by atoms with Crippen molar-refractivity contribution < 1.29 is 9.59 Å². The van der Waals surface area contributed by atoms with E-state index in [4.69, 9.17) is 11.6 Å². The summed E-state index contributed by atoms with van der Waals surface area (Å²) >= 11 is 7.65. The van der Waals surface area contributed by atoms with Crippen LogP contribution in [0.25, 0.3) is 0 Å². The third kappa shape index (κ3) is 8.08. The number of halogens is 1. The molecule has 178 valence electrons. The van der Waals surface area contributed by atoms with E-state index in [2.05, 4.69) is 11.4 Å². The Kier molecular flexibility index (Phi) is 10.1. The summed E-state index contributed by atoms with van der Waals surface area (Å²) < 4.78 is 0. The second-order valence-corrected chi connectivity index (χ2v) is 10.3. The predicted molar refractivity (Wildman–Crippen MR) is 138 cm³/mol.